The largest absolute Gasteiger partial charge is 0.469 e. The lowest BCUT2D eigenvalue weighted by Crippen LogP contribution is -2.50. The van der Waals surface area contributed by atoms with Crippen LogP contribution in [-0.4, -0.2) is 47.8 Å². The number of ether oxygens (including phenoxy) is 1. The van der Waals surface area contributed by atoms with Crippen LogP contribution >= 0.6 is 0 Å². The highest BCUT2D eigenvalue weighted by atomic mass is 16.5. The average Bonchev–Trinajstić information content (AvgIpc) is 2.73. The van der Waals surface area contributed by atoms with Gasteiger partial charge in [0.15, 0.2) is 0 Å². The molecule has 0 aromatic carbocycles. The van der Waals surface area contributed by atoms with E-state index in [2.05, 4.69) is 0 Å². The topological polar surface area (TPSA) is 62.9 Å². The second kappa shape index (κ2) is 4.89. The number of amides is 1. The van der Waals surface area contributed by atoms with Crippen LogP contribution in [-0.2, 0) is 4.74 Å². The van der Waals surface area contributed by atoms with Gasteiger partial charge in [-0.3, -0.25) is 4.79 Å². The number of furan rings is 1. The number of hydrogen-bond acceptors (Lipinski definition) is 4. The first-order chi connectivity index (χ1) is 8.11. The van der Waals surface area contributed by atoms with Crippen molar-refractivity contribution >= 4 is 5.91 Å². The van der Waals surface area contributed by atoms with E-state index in [1.807, 2.05) is 6.92 Å². The van der Waals surface area contributed by atoms with Gasteiger partial charge < -0.3 is 19.2 Å². The molecule has 2 atom stereocenters. The molecule has 17 heavy (non-hydrogen) atoms. The Labute approximate surface area is 100.0 Å². The Kier molecular flexibility index (Phi) is 3.49. The van der Waals surface area contributed by atoms with E-state index in [1.54, 1.807) is 17.9 Å². The van der Waals surface area contributed by atoms with Crippen LogP contribution in [0.15, 0.2) is 16.7 Å². The SMILES string of the molecule is Cc1occc1C(=O)N1CC(C)OC(CO)C1. The van der Waals surface area contributed by atoms with Crippen molar-refractivity contribution in [2.24, 2.45) is 0 Å². The third-order valence-electron chi connectivity index (χ3n) is 2.91. The summed E-state index contributed by atoms with van der Waals surface area (Å²) in [4.78, 5) is 13.9. The van der Waals surface area contributed by atoms with Gasteiger partial charge in [-0.1, -0.05) is 0 Å². The van der Waals surface area contributed by atoms with Crippen molar-refractivity contribution in [1.82, 2.24) is 4.90 Å². The molecule has 94 valence electrons. The van der Waals surface area contributed by atoms with Crippen molar-refractivity contribution in [3.63, 3.8) is 0 Å². The van der Waals surface area contributed by atoms with E-state index >= 15 is 0 Å². The molecule has 1 amide bonds. The molecular weight excluding hydrogens is 222 g/mol. The summed E-state index contributed by atoms with van der Waals surface area (Å²) in [6.45, 7) is 4.55. The molecule has 5 heteroatoms. The summed E-state index contributed by atoms with van der Waals surface area (Å²) in [5, 5.41) is 9.11. The highest BCUT2D eigenvalue weighted by Crippen LogP contribution is 2.17. The van der Waals surface area contributed by atoms with Crippen LogP contribution in [0.3, 0.4) is 0 Å². The molecule has 1 aliphatic heterocycles. The monoisotopic (exact) mass is 239 g/mol. The molecule has 1 aliphatic rings. The summed E-state index contributed by atoms with van der Waals surface area (Å²) in [6, 6.07) is 1.67. The number of rotatable bonds is 2. The second-order valence-corrected chi connectivity index (χ2v) is 4.35. The molecule has 2 unspecified atom stereocenters. The standard InChI is InChI=1S/C12H17NO4/c1-8-5-13(6-10(7-14)17-8)12(15)11-3-4-16-9(11)2/h3-4,8,10,14H,5-7H2,1-2H3. The number of aliphatic hydroxyl groups excluding tert-OH is 1. The third kappa shape index (κ3) is 2.50. The van der Waals surface area contributed by atoms with Crippen LogP contribution in [0.1, 0.15) is 23.0 Å². The molecule has 0 aliphatic carbocycles. The van der Waals surface area contributed by atoms with Crippen molar-refractivity contribution in [3.05, 3.63) is 23.7 Å². The summed E-state index contributed by atoms with van der Waals surface area (Å²) in [5.41, 5.74) is 0.579. The van der Waals surface area contributed by atoms with Gasteiger partial charge in [-0.2, -0.15) is 0 Å². The Hall–Kier alpha value is -1.33. The Morgan fingerprint density at radius 1 is 1.59 bits per heavy atom. The van der Waals surface area contributed by atoms with Crippen LogP contribution < -0.4 is 0 Å². The molecule has 1 fully saturated rings. The van der Waals surface area contributed by atoms with Crippen LogP contribution in [0.5, 0.6) is 0 Å². The molecule has 1 saturated heterocycles. The minimum atomic E-state index is -0.296. The quantitative estimate of drug-likeness (QED) is 0.829. The molecule has 2 rings (SSSR count). The van der Waals surface area contributed by atoms with Gasteiger partial charge in [0.25, 0.3) is 5.91 Å². The molecule has 1 aromatic rings. The van der Waals surface area contributed by atoms with Gasteiger partial charge in [-0.05, 0) is 19.9 Å². The van der Waals surface area contributed by atoms with Gasteiger partial charge in [0, 0.05) is 13.1 Å². The van der Waals surface area contributed by atoms with Crippen LogP contribution in [0.4, 0.5) is 0 Å². The van der Waals surface area contributed by atoms with Crippen molar-refractivity contribution in [3.8, 4) is 0 Å². The fourth-order valence-electron chi connectivity index (χ4n) is 2.09. The highest BCUT2D eigenvalue weighted by molar-refractivity contribution is 5.95. The van der Waals surface area contributed by atoms with Crippen molar-refractivity contribution in [1.29, 1.82) is 0 Å². The molecule has 0 saturated carbocycles. The summed E-state index contributed by atoms with van der Waals surface area (Å²) < 4.78 is 10.6. The summed E-state index contributed by atoms with van der Waals surface area (Å²) in [6.07, 6.45) is 1.16. The minimum Gasteiger partial charge on any atom is -0.469 e. The van der Waals surface area contributed by atoms with Gasteiger partial charge in [-0.15, -0.1) is 0 Å². The molecule has 5 nitrogen and oxygen atoms in total. The maximum absolute atomic E-state index is 12.2. The molecular formula is C12H17NO4. The lowest BCUT2D eigenvalue weighted by molar-refractivity contribution is -0.0858. The van der Waals surface area contributed by atoms with Crippen LogP contribution in [0, 0.1) is 6.92 Å². The number of carbonyl (C=O) groups excluding carboxylic acids is 1. The van der Waals surface area contributed by atoms with Crippen molar-refractivity contribution < 1.29 is 19.1 Å². The van der Waals surface area contributed by atoms with E-state index in [0.29, 0.717) is 24.4 Å². The van der Waals surface area contributed by atoms with Crippen molar-refractivity contribution in [2.75, 3.05) is 19.7 Å². The van der Waals surface area contributed by atoms with E-state index in [1.165, 1.54) is 6.26 Å². The smallest absolute Gasteiger partial charge is 0.257 e. The normalized spacial score (nSPS) is 25.0. The predicted octanol–water partition coefficient (Wildman–Crippen LogP) is 0.810. The van der Waals surface area contributed by atoms with E-state index < -0.39 is 0 Å². The molecule has 1 N–H and O–H groups in total. The predicted molar refractivity (Wildman–Crippen MR) is 60.8 cm³/mol. The van der Waals surface area contributed by atoms with E-state index in [-0.39, 0.29) is 24.7 Å². The first kappa shape index (κ1) is 12.1. The first-order valence-corrected chi connectivity index (χ1v) is 5.71. The van der Waals surface area contributed by atoms with Crippen LogP contribution in [0.2, 0.25) is 0 Å². The number of aliphatic hydroxyl groups is 1. The van der Waals surface area contributed by atoms with E-state index in [0.717, 1.165) is 0 Å². The number of hydrogen-bond donors (Lipinski definition) is 1. The summed E-state index contributed by atoms with van der Waals surface area (Å²) in [5.74, 6) is 0.555. The molecule has 0 spiro atoms. The minimum absolute atomic E-state index is 0.0583. The third-order valence-corrected chi connectivity index (χ3v) is 2.91. The average molecular weight is 239 g/mol. The highest BCUT2D eigenvalue weighted by Gasteiger charge is 2.29. The van der Waals surface area contributed by atoms with Gasteiger partial charge in [0.2, 0.25) is 0 Å². The maximum atomic E-state index is 12.2. The summed E-state index contributed by atoms with van der Waals surface area (Å²) in [7, 11) is 0. The van der Waals surface area contributed by atoms with Crippen molar-refractivity contribution in [2.45, 2.75) is 26.1 Å². The molecule has 0 bridgehead atoms. The Bertz CT molecular complexity index is 401. The van der Waals surface area contributed by atoms with Gasteiger partial charge in [0.05, 0.1) is 30.6 Å². The Morgan fingerprint density at radius 2 is 2.35 bits per heavy atom. The zero-order chi connectivity index (χ0) is 12.4. The Balaban J connectivity index is 2.11. The van der Waals surface area contributed by atoms with Gasteiger partial charge in [0.1, 0.15) is 5.76 Å². The van der Waals surface area contributed by atoms with E-state index in [4.69, 9.17) is 14.3 Å². The molecule has 0 radical (unpaired) electrons. The zero-order valence-electron chi connectivity index (χ0n) is 10.0. The maximum Gasteiger partial charge on any atom is 0.257 e. The zero-order valence-corrected chi connectivity index (χ0v) is 10.0. The molecule has 2 heterocycles. The van der Waals surface area contributed by atoms with E-state index in [9.17, 15) is 4.79 Å². The fraction of sp³-hybridized carbons (Fsp3) is 0.583. The lowest BCUT2D eigenvalue weighted by atomic mass is 10.1. The number of nitrogens with zero attached hydrogens (tertiary/aromatic N) is 1. The number of carbonyl (C=O) groups is 1. The molecule has 1 aromatic heterocycles. The number of aryl methyl sites for hydroxylation is 1. The lowest BCUT2D eigenvalue weighted by Gasteiger charge is -2.36. The number of morpholine rings is 1. The second-order valence-electron chi connectivity index (χ2n) is 4.35. The summed E-state index contributed by atoms with van der Waals surface area (Å²) >= 11 is 0. The first-order valence-electron chi connectivity index (χ1n) is 5.71. The van der Waals surface area contributed by atoms with Gasteiger partial charge in [-0.25, -0.2) is 0 Å². The fourth-order valence-corrected chi connectivity index (χ4v) is 2.09. The Morgan fingerprint density at radius 3 is 2.94 bits per heavy atom. The van der Waals surface area contributed by atoms with Gasteiger partial charge >= 0.3 is 0 Å². The van der Waals surface area contributed by atoms with Crippen LogP contribution in [0.25, 0.3) is 0 Å².